The molecular formula is C10H19N3O5. The predicted octanol–water partition coefficient (Wildman–Crippen LogP) is 1.24. The molecule has 0 heterocycles. The number of hydrogen-bond acceptors (Lipinski definition) is 6. The van der Waals surface area contributed by atoms with Crippen LogP contribution in [0.5, 0.6) is 0 Å². The zero-order valence-corrected chi connectivity index (χ0v) is 11.2. The van der Waals surface area contributed by atoms with Gasteiger partial charge in [0.1, 0.15) is 0 Å². The Morgan fingerprint density at radius 3 is 2.39 bits per heavy atom. The Kier molecular flexibility index (Phi) is 6.07. The van der Waals surface area contributed by atoms with Gasteiger partial charge in [-0.3, -0.25) is 9.80 Å². The van der Waals surface area contributed by atoms with E-state index >= 15 is 0 Å². The number of carbonyl (C=O) groups excluding carboxylic acids is 1. The second kappa shape index (κ2) is 6.77. The van der Waals surface area contributed by atoms with Gasteiger partial charge >= 0.3 is 11.9 Å². The van der Waals surface area contributed by atoms with E-state index in [1.165, 1.54) is 20.9 Å². The van der Waals surface area contributed by atoms with E-state index in [1.54, 1.807) is 13.8 Å². The quantitative estimate of drug-likeness (QED) is 0.243. The van der Waals surface area contributed by atoms with Gasteiger partial charge < -0.3 is 14.7 Å². The topological polar surface area (TPSA) is 101 Å². The van der Waals surface area contributed by atoms with Crippen LogP contribution in [0.25, 0.3) is 0 Å². The number of nitrogens with zero attached hydrogens (tertiary/aromatic N) is 3. The molecule has 18 heavy (non-hydrogen) atoms. The van der Waals surface area contributed by atoms with Gasteiger partial charge in [0.15, 0.2) is 5.54 Å². The van der Waals surface area contributed by atoms with Crippen molar-refractivity contribution in [3.63, 3.8) is 0 Å². The molecule has 0 aromatic rings. The average molecular weight is 261 g/mol. The van der Waals surface area contributed by atoms with E-state index in [-0.39, 0.29) is 12.7 Å². The maximum atomic E-state index is 11.0. The van der Waals surface area contributed by atoms with Gasteiger partial charge in [0.2, 0.25) is 0 Å². The van der Waals surface area contributed by atoms with Crippen molar-refractivity contribution >= 4 is 11.9 Å². The zero-order valence-electron chi connectivity index (χ0n) is 11.2. The number of likely N-dealkylation sites (N-methyl/N-ethyl adjacent to an activating group) is 1. The van der Waals surface area contributed by atoms with Crippen molar-refractivity contribution in [2.75, 3.05) is 13.8 Å². The van der Waals surface area contributed by atoms with Crippen molar-refractivity contribution in [2.24, 2.45) is 16.4 Å². The van der Waals surface area contributed by atoms with Crippen LogP contribution in [0, 0.1) is 5.92 Å². The Morgan fingerprint density at radius 1 is 1.39 bits per heavy atom. The molecule has 104 valence electrons. The van der Waals surface area contributed by atoms with E-state index < -0.39 is 17.5 Å². The lowest BCUT2D eigenvalue weighted by Crippen LogP contribution is -2.44. The second-order valence-corrected chi connectivity index (χ2v) is 4.42. The van der Waals surface area contributed by atoms with E-state index in [1.807, 2.05) is 0 Å². The third-order valence-corrected chi connectivity index (χ3v) is 2.29. The summed E-state index contributed by atoms with van der Waals surface area (Å²) >= 11 is 0. The minimum absolute atomic E-state index is 0.251. The maximum absolute atomic E-state index is 11.0. The third kappa shape index (κ3) is 4.98. The highest BCUT2D eigenvalue weighted by atomic mass is 16.8. The summed E-state index contributed by atoms with van der Waals surface area (Å²) in [6.45, 7) is 5.95. The molecule has 0 aliphatic carbocycles. The molecule has 0 saturated heterocycles. The normalized spacial score (nSPS) is 11.7. The molecule has 0 spiro atoms. The number of aliphatic carboxylic acids is 1. The van der Waals surface area contributed by atoms with Crippen molar-refractivity contribution in [3.05, 3.63) is 0 Å². The third-order valence-electron chi connectivity index (χ3n) is 2.29. The van der Waals surface area contributed by atoms with Crippen molar-refractivity contribution in [1.82, 2.24) is 5.01 Å². The SMILES string of the molecule is CC(C)C(=O)OCO/N=N\N(C)C(C)(C)C(=O)O. The second-order valence-electron chi connectivity index (χ2n) is 4.42. The molecule has 1 N–H and O–H groups in total. The summed E-state index contributed by atoms with van der Waals surface area (Å²) < 4.78 is 4.67. The number of carboxylic acids is 1. The molecule has 0 amide bonds. The van der Waals surface area contributed by atoms with Crippen molar-refractivity contribution in [3.8, 4) is 0 Å². The smallest absolute Gasteiger partial charge is 0.330 e. The molecule has 0 aromatic carbocycles. The Bertz CT molecular complexity index is 327. The first-order valence-corrected chi connectivity index (χ1v) is 5.36. The molecule has 0 aromatic heterocycles. The molecule has 0 aliphatic heterocycles. The Labute approximate surface area is 105 Å². The summed E-state index contributed by atoms with van der Waals surface area (Å²) in [5, 5.41) is 16.8. The molecule has 0 bridgehead atoms. The van der Waals surface area contributed by atoms with Crippen LogP contribution < -0.4 is 0 Å². The Hall–Kier alpha value is -1.86. The fourth-order valence-electron chi connectivity index (χ4n) is 0.605. The van der Waals surface area contributed by atoms with E-state index in [0.717, 1.165) is 5.01 Å². The summed E-state index contributed by atoms with van der Waals surface area (Å²) in [6.07, 6.45) is 0. The molecule has 0 unspecified atom stereocenters. The van der Waals surface area contributed by atoms with Gasteiger partial charge in [0.05, 0.1) is 5.92 Å². The van der Waals surface area contributed by atoms with Crippen LogP contribution in [0.1, 0.15) is 27.7 Å². The molecule has 0 fully saturated rings. The largest absolute Gasteiger partial charge is 0.479 e. The van der Waals surface area contributed by atoms with Gasteiger partial charge in [-0.25, -0.2) is 4.79 Å². The summed E-state index contributed by atoms with van der Waals surface area (Å²) in [5.74, 6) is -1.71. The van der Waals surface area contributed by atoms with E-state index in [2.05, 4.69) is 20.1 Å². The molecule has 8 heteroatoms. The summed E-state index contributed by atoms with van der Waals surface area (Å²) in [5.41, 5.74) is -1.21. The molecule has 0 radical (unpaired) electrons. The van der Waals surface area contributed by atoms with Crippen LogP contribution in [0.2, 0.25) is 0 Å². The van der Waals surface area contributed by atoms with Gasteiger partial charge in [-0.15, -0.1) is 0 Å². The fraction of sp³-hybridized carbons (Fsp3) is 0.800. The van der Waals surface area contributed by atoms with Gasteiger partial charge in [-0.1, -0.05) is 13.8 Å². The monoisotopic (exact) mass is 261 g/mol. The predicted molar refractivity (Wildman–Crippen MR) is 61.2 cm³/mol. The summed E-state index contributed by atoms with van der Waals surface area (Å²) in [6, 6.07) is 0. The number of carbonyl (C=O) groups is 2. The Balaban J connectivity index is 4.04. The lowest BCUT2D eigenvalue weighted by atomic mass is 10.1. The standard InChI is InChI=1S/C10H19N3O5/c1-7(2)8(14)17-6-18-12-11-13(5)10(3,4)9(15)16/h7H,6H2,1-5H3,(H,15,16)/b12-11-. The van der Waals surface area contributed by atoms with E-state index in [4.69, 9.17) is 5.11 Å². The number of esters is 1. The average Bonchev–Trinajstić information content (AvgIpc) is 2.27. The zero-order chi connectivity index (χ0) is 14.3. The van der Waals surface area contributed by atoms with E-state index in [0.29, 0.717) is 0 Å². The number of rotatable bonds is 7. The molecule has 0 rings (SSSR count). The molecular weight excluding hydrogens is 242 g/mol. The molecule has 0 atom stereocenters. The number of ether oxygens (including phenoxy) is 1. The van der Waals surface area contributed by atoms with Crippen LogP contribution in [0.15, 0.2) is 10.5 Å². The summed E-state index contributed by atoms with van der Waals surface area (Å²) in [4.78, 5) is 26.5. The lowest BCUT2D eigenvalue weighted by Gasteiger charge is -2.26. The van der Waals surface area contributed by atoms with Gasteiger partial charge in [-0.2, -0.15) is 0 Å². The van der Waals surface area contributed by atoms with Crippen molar-refractivity contribution in [1.29, 1.82) is 0 Å². The maximum Gasteiger partial charge on any atom is 0.330 e. The first kappa shape index (κ1) is 16.1. The van der Waals surface area contributed by atoms with E-state index in [9.17, 15) is 9.59 Å². The first-order valence-electron chi connectivity index (χ1n) is 5.36. The van der Waals surface area contributed by atoms with Crippen LogP contribution in [-0.4, -0.2) is 41.4 Å². The fourth-order valence-corrected chi connectivity index (χ4v) is 0.605. The molecule has 8 nitrogen and oxygen atoms in total. The highest BCUT2D eigenvalue weighted by molar-refractivity contribution is 5.77. The minimum atomic E-state index is -1.21. The minimum Gasteiger partial charge on any atom is -0.479 e. The summed E-state index contributed by atoms with van der Waals surface area (Å²) in [7, 11) is 1.45. The number of hydrogen-bond donors (Lipinski definition) is 1. The van der Waals surface area contributed by atoms with Crippen molar-refractivity contribution in [2.45, 2.75) is 33.2 Å². The van der Waals surface area contributed by atoms with Gasteiger partial charge in [0, 0.05) is 12.3 Å². The highest BCUT2D eigenvalue weighted by Gasteiger charge is 2.32. The lowest BCUT2D eigenvalue weighted by molar-refractivity contribution is -0.161. The molecule has 0 saturated carbocycles. The number of carboxylic acid groups (broad SMARTS) is 1. The van der Waals surface area contributed by atoms with Crippen LogP contribution in [-0.2, 0) is 19.2 Å². The first-order chi connectivity index (χ1) is 8.19. The van der Waals surface area contributed by atoms with Crippen LogP contribution in [0.4, 0.5) is 0 Å². The van der Waals surface area contributed by atoms with Gasteiger partial charge in [-0.05, 0) is 19.1 Å². The highest BCUT2D eigenvalue weighted by Crippen LogP contribution is 2.12. The van der Waals surface area contributed by atoms with Crippen LogP contribution in [0.3, 0.4) is 0 Å². The van der Waals surface area contributed by atoms with Crippen molar-refractivity contribution < 1.29 is 24.3 Å². The Morgan fingerprint density at radius 2 is 1.94 bits per heavy atom. The van der Waals surface area contributed by atoms with Gasteiger partial charge in [0.25, 0.3) is 6.79 Å². The molecule has 0 aliphatic rings. The van der Waals surface area contributed by atoms with Crippen LogP contribution >= 0.6 is 0 Å².